The number of piperidine rings is 1. The molecule has 20 nitrogen and oxygen atoms in total. The number of aromatic amines is 2. The summed E-state index contributed by atoms with van der Waals surface area (Å²) < 4.78 is 0. The highest BCUT2D eigenvalue weighted by Crippen LogP contribution is 2.21. The molecule has 1 aliphatic rings. The second kappa shape index (κ2) is 25.3. The molecular formula is C48H61N11O9. The first kappa shape index (κ1) is 51.3. The van der Waals surface area contributed by atoms with E-state index in [4.69, 9.17) is 6.42 Å². The fourth-order valence-electron chi connectivity index (χ4n) is 7.88. The lowest BCUT2D eigenvalue weighted by atomic mass is 10.0. The molecule has 10 N–H and O–H groups in total. The Morgan fingerprint density at radius 2 is 1.01 bits per heavy atom. The molecule has 362 valence electrons. The normalized spacial score (nSPS) is 14.1. The summed E-state index contributed by atoms with van der Waals surface area (Å²) in [5, 5.41) is 22.1. The number of benzene rings is 2. The molecule has 9 amide bonds. The molecule has 0 aliphatic carbocycles. The van der Waals surface area contributed by atoms with Crippen LogP contribution in [0, 0.1) is 18.3 Å². The van der Waals surface area contributed by atoms with E-state index in [-0.39, 0.29) is 44.1 Å². The lowest BCUT2D eigenvalue weighted by Crippen LogP contribution is -2.55. The number of fused-ring (bicyclic) bond motifs is 2. The molecule has 2 unspecified atom stereocenters. The SMILES string of the molecule is C#CC[C@@H](NC(C)=O)C(=O)NCC(=O)NC(Cc1c[nH]c2ccccc12)C(=O)NCC(=O)N[C@H](Cc1c[nH]c2ccccc12)C(=O)NCC(=O)NC(CC(C)C)C(=O)NCC(=O)N1CCCCC1. The number of nitrogens with one attached hydrogen (secondary N) is 10. The number of nitrogens with zero attached hydrogens (tertiary/aromatic N) is 1. The van der Waals surface area contributed by atoms with Gasteiger partial charge in [0.05, 0.1) is 26.2 Å². The Balaban J connectivity index is 1.23. The minimum absolute atomic E-state index is 0.00257. The number of H-pyrrole nitrogens is 2. The number of terminal acetylenes is 1. The number of para-hydroxylation sites is 2. The van der Waals surface area contributed by atoms with Gasteiger partial charge in [-0.1, -0.05) is 50.2 Å². The van der Waals surface area contributed by atoms with Gasteiger partial charge in [0.15, 0.2) is 0 Å². The summed E-state index contributed by atoms with van der Waals surface area (Å²) >= 11 is 0. The van der Waals surface area contributed by atoms with Gasteiger partial charge in [0.25, 0.3) is 0 Å². The first-order chi connectivity index (χ1) is 32.6. The summed E-state index contributed by atoms with van der Waals surface area (Å²) in [7, 11) is 0. The summed E-state index contributed by atoms with van der Waals surface area (Å²) in [6.45, 7) is 4.31. The standard InChI is InChI=1S/C48H61N11O9/c1-5-13-37(55-30(4)60)45(65)51-25-42(62)57-39(21-31-23-49-35-16-9-7-14-33(31)35)48(68)53-27-43(63)58-40(22-32-24-50-36-17-10-8-15-34(32)36)47(67)52-26-41(61)56-38(20-29(2)3)46(66)54-28-44(64)59-18-11-6-12-19-59/h1,7-10,14-17,23-24,29,37-40,49-50H,6,11-13,18-22,25-28H2,2-4H3,(H,51,65)(H,52,67)(H,53,68)(H,54,66)(H,55,60)(H,56,61)(H,57,62)(H,58,63)/t37-,38?,39?,40-/m1/s1. The summed E-state index contributed by atoms with van der Waals surface area (Å²) in [4.78, 5) is 126. The topological polar surface area (TPSA) is 285 Å². The fraction of sp³-hybridized carbons (Fsp3) is 0.438. The maximum absolute atomic E-state index is 13.8. The van der Waals surface area contributed by atoms with Gasteiger partial charge < -0.3 is 57.4 Å². The van der Waals surface area contributed by atoms with E-state index in [1.54, 1.807) is 17.3 Å². The maximum atomic E-state index is 13.8. The molecule has 3 heterocycles. The van der Waals surface area contributed by atoms with Crippen LogP contribution in [-0.4, -0.2) is 131 Å². The average Bonchev–Trinajstić information content (AvgIpc) is 3.93. The Hall–Kier alpha value is -7.69. The second-order valence-corrected chi connectivity index (χ2v) is 17.1. The van der Waals surface area contributed by atoms with E-state index in [9.17, 15) is 43.2 Å². The van der Waals surface area contributed by atoms with Crippen molar-refractivity contribution in [1.29, 1.82) is 0 Å². The number of carbonyl (C=O) groups is 9. The van der Waals surface area contributed by atoms with Crippen molar-refractivity contribution >= 4 is 75.0 Å². The fourth-order valence-corrected chi connectivity index (χ4v) is 7.88. The first-order valence-electron chi connectivity index (χ1n) is 22.7. The molecule has 20 heteroatoms. The van der Waals surface area contributed by atoms with E-state index in [1.165, 1.54) is 6.92 Å². The zero-order valence-electron chi connectivity index (χ0n) is 38.6. The van der Waals surface area contributed by atoms with Gasteiger partial charge in [-0.15, -0.1) is 12.3 Å². The van der Waals surface area contributed by atoms with Crippen LogP contribution in [-0.2, 0) is 56.0 Å². The molecule has 1 fully saturated rings. The minimum Gasteiger partial charge on any atom is -0.361 e. The van der Waals surface area contributed by atoms with Crippen molar-refractivity contribution in [2.45, 2.75) is 89.9 Å². The van der Waals surface area contributed by atoms with E-state index < -0.39 is 91.1 Å². The molecule has 0 radical (unpaired) electrons. The third kappa shape index (κ3) is 15.5. The van der Waals surface area contributed by atoms with Crippen LogP contribution in [0.5, 0.6) is 0 Å². The van der Waals surface area contributed by atoms with Gasteiger partial charge in [-0.05, 0) is 54.9 Å². The Labute approximate surface area is 394 Å². The van der Waals surface area contributed by atoms with E-state index in [1.807, 2.05) is 62.4 Å². The lowest BCUT2D eigenvalue weighted by Gasteiger charge is -2.27. The van der Waals surface area contributed by atoms with Crippen LogP contribution in [0.25, 0.3) is 21.8 Å². The molecule has 1 aliphatic heterocycles. The lowest BCUT2D eigenvalue weighted by molar-refractivity contribution is -0.135. The number of hydrogen-bond acceptors (Lipinski definition) is 9. The van der Waals surface area contributed by atoms with Gasteiger partial charge >= 0.3 is 0 Å². The van der Waals surface area contributed by atoms with Crippen LogP contribution in [0.15, 0.2) is 60.9 Å². The number of carbonyl (C=O) groups excluding carboxylic acids is 9. The third-order valence-corrected chi connectivity index (χ3v) is 11.3. The van der Waals surface area contributed by atoms with Gasteiger partial charge in [0.2, 0.25) is 53.2 Å². The Bertz CT molecular complexity index is 2500. The Morgan fingerprint density at radius 3 is 1.47 bits per heavy atom. The molecule has 2 aromatic carbocycles. The van der Waals surface area contributed by atoms with Gasteiger partial charge in [0.1, 0.15) is 24.2 Å². The monoisotopic (exact) mass is 935 g/mol. The highest BCUT2D eigenvalue weighted by Gasteiger charge is 2.29. The number of aromatic nitrogens is 2. The predicted octanol–water partition coefficient (Wildman–Crippen LogP) is -0.0598. The molecule has 0 spiro atoms. The highest BCUT2D eigenvalue weighted by molar-refractivity contribution is 5.97. The zero-order chi connectivity index (χ0) is 49.2. The van der Waals surface area contributed by atoms with E-state index in [2.05, 4.69) is 58.4 Å². The van der Waals surface area contributed by atoms with Crippen LogP contribution in [0.1, 0.15) is 64.0 Å². The average molecular weight is 936 g/mol. The number of rotatable bonds is 23. The van der Waals surface area contributed by atoms with Gasteiger partial charge in [-0.25, -0.2) is 0 Å². The van der Waals surface area contributed by atoms with Crippen molar-refractivity contribution in [3.8, 4) is 12.3 Å². The highest BCUT2D eigenvalue weighted by atomic mass is 16.2. The number of hydrogen-bond donors (Lipinski definition) is 10. The van der Waals surface area contributed by atoms with Crippen molar-refractivity contribution in [1.82, 2.24) is 57.4 Å². The molecule has 4 atom stereocenters. The van der Waals surface area contributed by atoms with Crippen molar-refractivity contribution < 1.29 is 43.2 Å². The third-order valence-electron chi connectivity index (χ3n) is 11.3. The number of likely N-dealkylation sites (tertiary alicyclic amines) is 1. The smallest absolute Gasteiger partial charge is 0.244 e. The van der Waals surface area contributed by atoms with E-state index in [0.29, 0.717) is 24.2 Å². The largest absolute Gasteiger partial charge is 0.361 e. The van der Waals surface area contributed by atoms with Gasteiger partial charge in [0, 0.05) is 73.5 Å². The second-order valence-electron chi connectivity index (χ2n) is 17.1. The van der Waals surface area contributed by atoms with Crippen molar-refractivity contribution in [3.05, 3.63) is 72.1 Å². The van der Waals surface area contributed by atoms with Gasteiger partial charge in [-0.2, -0.15) is 0 Å². The quantitative estimate of drug-likeness (QED) is 0.0446. The summed E-state index contributed by atoms with van der Waals surface area (Å²) in [5.41, 5.74) is 2.92. The predicted molar refractivity (Wildman–Crippen MR) is 253 cm³/mol. The molecule has 0 bridgehead atoms. The summed E-state index contributed by atoms with van der Waals surface area (Å²) in [5.74, 6) is -3.29. The Kier molecular flexibility index (Phi) is 19.1. The molecule has 2 aromatic heterocycles. The van der Waals surface area contributed by atoms with Crippen LogP contribution >= 0.6 is 0 Å². The molecule has 1 saturated heterocycles. The van der Waals surface area contributed by atoms with Crippen LogP contribution in [0.2, 0.25) is 0 Å². The summed E-state index contributed by atoms with van der Waals surface area (Å²) in [6, 6.07) is 10.1. The minimum atomic E-state index is -1.25. The maximum Gasteiger partial charge on any atom is 0.244 e. The molecule has 68 heavy (non-hydrogen) atoms. The molecule has 0 saturated carbocycles. The first-order valence-corrected chi connectivity index (χ1v) is 22.7. The van der Waals surface area contributed by atoms with Crippen molar-refractivity contribution in [2.24, 2.45) is 5.92 Å². The summed E-state index contributed by atoms with van der Waals surface area (Å²) in [6.07, 6.45) is 11.7. The van der Waals surface area contributed by atoms with Gasteiger partial charge in [-0.3, -0.25) is 43.2 Å². The van der Waals surface area contributed by atoms with Crippen LogP contribution in [0.3, 0.4) is 0 Å². The van der Waals surface area contributed by atoms with Crippen LogP contribution in [0.4, 0.5) is 0 Å². The van der Waals surface area contributed by atoms with E-state index >= 15 is 0 Å². The zero-order valence-corrected chi connectivity index (χ0v) is 38.6. The van der Waals surface area contributed by atoms with E-state index in [0.717, 1.165) is 41.1 Å². The molecule has 5 rings (SSSR count). The molecule has 4 aromatic rings. The number of amides is 9. The van der Waals surface area contributed by atoms with Crippen LogP contribution < -0.4 is 42.5 Å². The Morgan fingerprint density at radius 1 is 0.588 bits per heavy atom. The van der Waals surface area contributed by atoms with Crippen molar-refractivity contribution in [2.75, 3.05) is 39.3 Å². The molecular weight excluding hydrogens is 875 g/mol. The van der Waals surface area contributed by atoms with Crippen molar-refractivity contribution in [3.63, 3.8) is 0 Å².